The smallest absolute Gasteiger partial charge is 0.226 e. The number of nitrogens with one attached hydrogen (secondary N) is 2. The molecule has 0 amide bonds. The number of guanidine groups is 1. The van der Waals surface area contributed by atoms with Crippen LogP contribution in [-0.4, -0.2) is 24.2 Å². The van der Waals surface area contributed by atoms with Crippen LogP contribution in [-0.2, 0) is 18.8 Å². The second-order valence-electron chi connectivity index (χ2n) is 6.64. The molecule has 0 aliphatic heterocycles. The van der Waals surface area contributed by atoms with Gasteiger partial charge in [0.05, 0.1) is 12.2 Å². The molecule has 0 atom stereocenters. The van der Waals surface area contributed by atoms with Gasteiger partial charge in [0.1, 0.15) is 12.1 Å². The first-order valence-corrected chi connectivity index (χ1v) is 10.7. The monoisotopic (exact) mass is 412 g/mol. The summed E-state index contributed by atoms with van der Waals surface area (Å²) in [6, 6.07) is 12.9. The van der Waals surface area contributed by atoms with E-state index in [2.05, 4.69) is 20.6 Å². The number of aromatic nitrogens is 1. The summed E-state index contributed by atoms with van der Waals surface area (Å²) in [5, 5.41) is 6.50. The van der Waals surface area contributed by atoms with Gasteiger partial charge in [-0.1, -0.05) is 23.8 Å². The molecule has 0 fully saturated rings. The molecule has 0 aliphatic rings. The summed E-state index contributed by atoms with van der Waals surface area (Å²) < 4.78 is 19.1. The Hall–Kier alpha value is -2.80. The van der Waals surface area contributed by atoms with Gasteiger partial charge in [0.2, 0.25) is 5.89 Å². The Balaban J connectivity index is 1.57. The maximum absolute atomic E-state index is 13.5. The van der Waals surface area contributed by atoms with Crippen molar-refractivity contribution in [2.24, 2.45) is 4.99 Å². The van der Waals surface area contributed by atoms with Crippen molar-refractivity contribution in [2.45, 2.75) is 25.8 Å². The van der Waals surface area contributed by atoms with Crippen LogP contribution in [0, 0.1) is 12.7 Å². The first-order valence-electron chi connectivity index (χ1n) is 9.31. The van der Waals surface area contributed by atoms with Crippen molar-refractivity contribution >= 4 is 17.7 Å². The van der Waals surface area contributed by atoms with E-state index in [1.54, 1.807) is 31.1 Å². The number of thioether (sulfide) groups is 1. The van der Waals surface area contributed by atoms with E-state index in [-0.39, 0.29) is 5.82 Å². The molecule has 5 nitrogen and oxygen atoms in total. The quantitative estimate of drug-likeness (QED) is 0.441. The number of hydrogen-bond donors (Lipinski definition) is 2. The van der Waals surface area contributed by atoms with Crippen molar-refractivity contribution in [2.75, 3.05) is 13.3 Å². The normalized spacial score (nSPS) is 11.5. The molecular formula is C22H25FN4OS. The van der Waals surface area contributed by atoms with E-state index in [4.69, 9.17) is 4.42 Å². The SMILES string of the molecule is CN=C(NCc1coc(-c2ccc(C)cc2)n1)NCc1ccc(F)cc1CSC. The number of aliphatic imine (C=N–C) groups is 1. The molecule has 2 N–H and O–H groups in total. The molecule has 152 valence electrons. The molecule has 0 aliphatic carbocycles. The number of nitrogens with zero attached hydrogens (tertiary/aromatic N) is 2. The highest BCUT2D eigenvalue weighted by Crippen LogP contribution is 2.19. The Kier molecular flexibility index (Phi) is 7.30. The van der Waals surface area contributed by atoms with Gasteiger partial charge in [-0.05, 0) is 48.6 Å². The average Bonchev–Trinajstić information content (AvgIpc) is 3.19. The minimum atomic E-state index is -0.212. The average molecular weight is 413 g/mol. The predicted molar refractivity (Wildman–Crippen MR) is 117 cm³/mol. The van der Waals surface area contributed by atoms with E-state index in [9.17, 15) is 4.39 Å². The molecule has 29 heavy (non-hydrogen) atoms. The van der Waals surface area contributed by atoms with Crippen molar-refractivity contribution in [3.63, 3.8) is 0 Å². The minimum absolute atomic E-state index is 0.212. The summed E-state index contributed by atoms with van der Waals surface area (Å²) in [5.74, 6) is 1.79. The van der Waals surface area contributed by atoms with Crippen LogP contribution in [0.25, 0.3) is 11.5 Å². The molecular weight excluding hydrogens is 387 g/mol. The topological polar surface area (TPSA) is 62.5 Å². The zero-order valence-corrected chi connectivity index (χ0v) is 17.6. The zero-order valence-electron chi connectivity index (χ0n) is 16.8. The van der Waals surface area contributed by atoms with Gasteiger partial charge < -0.3 is 15.1 Å². The zero-order chi connectivity index (χ0) is 20.6. The third kappa shape index (κ3) is 5.84. The Morgan fingerprint density at radius 1 is 1.10 bits per heavy atom. The summed E-state index contributed by atoms with van der Waals surface area (Å²) >= 11 is 1.67. The lowest BCUT2D eigenvalue weighted by molar-refractivity contribution is 0.572. The van der Waals surface area contributed by atoms with E-state index in [0.29, 0.717) is 24.9 Å². The molecule has 0 saturated carbocycles. The third-order valence-electron chi connectivity index (χ3n) is 4.43. The van der Waals surface area contributed by atoms with Gasteiger partial charge in [-0.2, -0.15) is 11.8 Å². The fourth-order valence-corrected chi connectivity index (χ4v) is 3.43. The van der Waals surface area contributed by atoms with E-state index in [1.165, 1.54) is 11.6 Å². The third-order valence-corrected chi connectivity index (χ3v) is 5.02. The number of aryl methyl sites for hydroxylation is 1. The predicted octanol–water partition coefficient (Wildman–Crippen LogP) is 4.52. The molecule has 1 heterocycles. The largest absolute Gasteiger partial charge is 0.444 e. The molecule has 1 aromatic heterocycles. The molecule has 2 aromatic carbocycles. The van der Waals surface area contributed by atoms with Crippen molar-refractivity contribution < 1.29 is 8.81 Å². The van der Waals surface area contributed by atoms with Crippen LogP contribution >= 0.6 is 11.8 Å². The van der Waals surface area contributed by atoms with Gasteiger partial charge in [-0.25, -0.2) is 9.37 Å². The number of oxazole rings is 1. The summed E-state index contributed by atoms with van der Waals surface area (Å²) in [6.45, 7) is 3.09. The fourth-order valence-electron chi connectivity index (χ4n) is 2.85. The van der Waals surface area contributed by atoms with Crippen molar-refractivity contribution in [1.82, 2.24) is 15.6 Å². The van der Waals surface area contributed by atoms with Crippen molar-refractivity contribution in [3.05, 3.63) is 76.9 Å². The summed E-state index contributed by atoms with van der Waals surface area (Å²) in [4.78, 5) is 8.77. The molecule has 0 radical (unpaired) electrons. The highest BCUT2D eigenvalue weighted by molar-refractivity contribution is 7.97. The molecule has 7 heteroatoms. The van der Waals surface area contributed by atoms with E-state index in [0.717, 1.165) is 28.1 Å². The van der Waals surface area contributed by atoms with E-state index < -0.39 is 0 Å². The fraction of sp³-hybridized carbons (Fsp3) is 0.273. The van der Waals surface area contributed by atoms with Crippen LogP contribution in [0.15, 0.2) is 58.1 Å². The highest BCUT2D eigenvalue weighted by atomic mass is 32.2. The number of hydrogen-bond acceptors (Lipinski definition) is 4. The molecule has 0 saturated heterocycles. The van der Waals surface area contributed by atoms with E-state index in [1.807, 2.05) is 43.5 Å². The van der Waals surface area contributed by atoms with Crippen LogP contribution in [0.4, 0.5) is 4.39 Å². The second kappa shape index (κ2) is 10.1. The van der Waals surface area contributed by atoms with Crippen LogP contribution < -0.4 is 10.6 Å². The molecule has 0 unspecified atom stereocenters. The lowest BCUT2D eigenvalue weighted by Gasteiger charge is -2.13. The lowest BCUT2D eigenvalue weighted by Crippen LogP contribution is -2.36. The Morgan fingerprint density at radius 2 is 1.86 bits per heavy atom. The molecule has 0 spiro atoms. The molecule has 3 rings (SSSR count). The summed E-state index contributed by atoms with van der Waals surface area (Å²) in [6.07, 6.45) is 3.65. The lowest BCUT2D eigenvalue weighted by atomic mass is 10.1. The number of benzene rings is 2. The maximum Gasteiger partial charge on any atom is 0.226 e. The molecule has 0 bridgehead atoms. The Bertz CT molecular complexity index is 969. The maximum atomic E-state index is 13.5. The standard InChI is InChI=1S/C22H25FN4OS/c1-15-4-6-16(7-5-15)21-27-20(13-28-21)12-26-22(24-2)25-11-17-8-9-19(23)10-18(17)14-29-3/h4-10,13H,11-12,14H2,1-3H3,(H2,24,25,26). The van der Waals surface area contributed by atoms with E-state index >= 15 is 0 Å². The van der Waals surface area contributed by atoms with Gasteiger partial charge in [-0.3, -0.25) is 4.99 Å². The first-order chi connectivity index (χ1) is 14.1. The van der Waals surface area contributed by atoms with Gasteiger partial charge in [-0.15, -0.1) is 0 Å². The van der Waals surface area contributed by atoms with Crippen molar-refractivity contribution in [3.8, 4) is 11.5 Å². The highest BCUT2D eigenvalue weighted by Gasteiger charge is 2.09. The van der Waals surface area contributed by atoms with Gasteiger partial charge in [0, 0.05) is 24.9 Å². The van der Waals surface area contributed by atoms with Gasteiger partial charge in [0.15, 0.2) is 5.96 Å². The molecule has 3 aromatic rings. The first kappa shape index (κ1) is 20.9. The van der Waals surface area contributed by atoms with Gasteiger partial charge >= 0.3 is 0 Å². The second-order valence-corrected chi connectivity index (χ2v) is 7.50. The minimum Gasteiger partial charge on any atom is -0.444 e. The van der Waals surface area contributed by atoms with Crippen LogP contribution in [0.1, 0.15) is 22.4 Å². The van der Waals surface area contributed by atoms with Crippen LogP contribution in [0.2, 0.25) is 0 Å². The summed E-state index contributed by atoms with van der Waals surface area (Å²) in [7, 11) is 1.71. The van der Waals surface area contributed by atoms with Gasteiger partial charge in [0.25, 0.3) is 0 Å². The number of halogens is 1. The Morgan fingerprint density at radius 3 is 2.59 bits per heavy atom. The van der Waals surface area contributed by atoms with Crippen LogP contribution in [0.5, 0.6) is 0 Å². The van der Waals surface area contributed by atoms with Crippen molar-refractivity contribution in [1.29, 1.82) is 0 Å². The summed E-state index contributed by atoms with van der Waals surface area (Å²) in [5.41, 5.74) is 4.96. The van der Waals surface area contributed by atoms with Crippen LogP contribution in [0.3, 0.4) is 0 Å². The Labute approximate surface area is 174 Å². The number of rotatable bonds is 7.